The molecule has 2 unspecified atom stereocenters. The van der Waals surface area contributed by atoms with E-state index in [1.165, 1.54) is 5.56 Å². The maximum Gasteiger partial charge on any atom is 0.229 e. The molecule has 4 aromatic rings. The minimum absolute atomic E-state index is 0.203. The second-order valence-corrected chi connectivity index (χ2v) is 10.7. The van der Waals surface area contributed by atoms with Gasteiger partial charge in [-0.05, 0) is 36.5 Å². The minimum Gasteiger partial charge on any atom is -0.389 e. The molecule has 2 aromatic carbocycles. The van der Waals surface area contributed by atoms with Gasteiger partial charge in [-0.2, -0.15) is 0 Å². The van der Waals surface area contributed by atoms with Crippen LogP contribution in [0, 0.1) is 23.2 Å². The molecule has 3 fully saturated rings. The van der Waals surface area contributed by atoms with E-state index in [4.69, 9.17) is 9.97 Å². The van der Waals surface area contributed by atoms with E-state index in [0.29, 0.717) is 35.1 Å². The van der Waals surface area contributed by atoms with Gasteiger partial charge in [0.25, 0.3) is 0 Å². The van der Waals surface area contributed by atoms with Gasteiger partial charge in [0.2, 0.25) is 11.7 Å². The molecule has 2 heterocycles. The van der Waals surface area contributed by atoms with Crippen LogP contribution >= 0.6 is 0 Å². The molecular formula is C30H28N6O3. The fourth-order valence-electron chi connectivity index (χ4n) is 6.33. The van der Waals surface area contributed by atoms with Gasteiger partial charge in [0, 0.05) is 30.5 Å². The third-order valence-corrected chi connectivity index (χ3v) is 8.50. The number of amides is 1. The highest BCUT2D eigenvalue weighted by molar-refractivity contribution is 5.88. The molecule has 3 aliphatic carbocycles. The van der Waals surface area contributed by atoms with Crippen LogP contribution in [-0.2, 0) is 4.79 Å². The number of hydrogen-bond donors (Lipinski definition) is 4. The molecule has 0 aliphatic heterocycles. The van der Waals surface area contributed by atoms with Crippen molar-refractivity contribution in [1.29, 1.82) is 0 Å². The Hall–Kier alpha value is -4.26. The van der Waals surface area contributed by atoms with Crippen LogP contribution in [0.15, 0.2) is 67.0 Å². The van der Waals surface area contributed by atoms with Gasteiger partial charge in [0.15, 0.2) is 17.0 Å². The topological polar surface area (TPSA) is 125 Å². The molecular weight excluding hydrogens is 492 g/mol. The molecule has 39 heavy (non-hydrogen) atoms. The Morgan fingerprint density at radius 1 is 1.05 bits per heavy atom. The number of nitrogens with one attached hydrogen (secondary N) is 2. The first-order valence-corrected chi connectivity index (χ1v) is 13.2. The number of anilines is 1. The first-order chi connectivity index (χ1) is 19.0. The molecule has 4 N–H and O–H groups in total. The lowest BCUT2D eigenvalue weighted by Crippen LogP contribution is -2.41. The lowest BCUT2D eigenvalue weighted by atomic mass is 9.98. The van der Waals surface area contributed by atoms with Crippen molar-refractivity contribution in [3.05, 3.63) is 83.9 Å². The maximum atomic E-state index is 12.7. The first-order valence-electron chi connectivity index (χ1n) is 13.2. The molecule has 3 saturated carbocycles. The summed E-state index contributed by atoms with van der Waals surface area (Å²) in [5.41, 5.74) is 2.21. The van der Waals surface area contributed by atoms with Crippen molar-refractivity contribution in [2.45, 2.75) is 43.1 Å². The van der Waals surface area contributed by atoms with Gasteiger partial charge in [-0.15, -0.1) is 0 Å². The lowest BCUT2D eigenvalue weighted by molar-refractivity contribution is -0.132. The number of carbonyl (C=O) groups is 1. The fraction of sp³-hybridized carbons (Fsp3) is 0.333. The molecule has 0 radical (unpaired) electrons. The number of fused-ring (bicyclic) bond motifs is 2. The zero-order chi connectivity index (χ0) is 26.7. The summed E-state index contributed by atoms with van der Waals surface area (Å²) in [7, 11) is 1.55. The molecule has 3 aliphatic rings. The van der Waals surface area contributed by atoms with E-state index in [0.717, 1.165) is 12.0 Å². The summed E-state index contributed by atoms with van der Waals surface area (Å²) in [4.78, 5) is 26.8. The number of benzene rings is 2. The standard InChI is InChI=1S/C30H28N6O3/c1-31-29(39)30-15-20(30)24(25(37)26(30)38)36-16-32-23-27(33-21-14-19(21)18-10-6-3-7-11-18)34-22(35-28(23)36)13-12-17-8-4-2-5-9-17/h2-11,16,19-21,24-26,37-38H,14-15H2,1H3,(H,31,39)(H,33,34,35)/t19?,20-,21?,24-,25+,26+,30+/m1/s1. The van der Waals surface area contributed by atoms with E-state index in [2.05, 4.69) is 39.6 Å². The highest BCUT2D eigenvalue weighted by Crippen LogP contribution is 2.67. The van der Waals surface area contributed by atoms with Crippen LogP contribution in [-0.4, -0.2) is 60.9 Å². The Labute approximate surface area is 225 Å². The smallest absolute Gasteiger partial charge is 0.229 e. The average Bonchev–Trinajstić information content (AvgIpc) is 3.85. The first kappa shape index (κ1) is 23.8. The number of aliphatic hydroxyl groups excluding tert-OH is 2. The van der Waals surface area contributed by atoms with Crippen molar-refractivity contribution in [1.82, 2.24) is 24.8 Å². The van der Waals surface area contributed by atoms with Gasteiger partial charge in [-0.25, -0.2) is 15.0 Å². The van der Waals surface area contributed by atoms with Crippen LogP contribution in [0.25, 0.3) is 11.2 Å². The fourth-order valence-corrected chi connectivity index (χ4v) is 6.33. The summed E-state index contributed by atoms with van der Waals surface area (Å²) >= 11 is 0. The van der Waals surface area contributed by atoms with Crippen molar-refractivity contribution in [2.24, 2.45) is 11.3 Å². The second-order valence-electron chi connectivity index (χ2n) is 10.7. The largest absolute Gasteiger partial charge is 0.389 e. The molecule has 0 saturated heterocycles. The maximum absolute atomic E-state index is 12.7. The molecule has 7 rings (SSSR count). The number of rotatable bonds is 5. The summed E-state index contributed by atoms with van der Waals surface area (Å²) < 4.78 is 1.79. The Morgan fingerprint density at radius 2 is 1.79 bits per heavy atom. The van der Waals surface area contributed by atoms with Crippen molar-refractivity contribution in [3.8, 4) is 11.8 Å². The van der Waals surface area contributed by atoms with Crippen LogP contribution in [0.2, 0.25) is 0 Å². The van der Waals surface area contributed by atoms with E-state index in [-0.39, 0.29) is 17.9 Å². The molecule has 0 bridgehead atoms. The second kappa shape index (κ2) is 8.90. The molecule has 9 nitrogen and oxygen atoms in total. The number of nitrogens with zero attached hydrogens (tertiary/aromatic N) is 4. The van der Waals surface area contributed by atoms with E-state index in [1.54, 1.807) is 17.9 Å². The third-order valence-electron chi connectivity index (χ3n) is 8.50. The minimum atomic E-state index is -1.17. The summed E-state index contributed by atoms with van der Waals surface area (Å²) in [6.07, 6.45) is 0.798. The average molecular weight is 521 g/mol. The zero-order valence-electron chi connectivity index (χ0n) is 21.3. The highest BCUT2D eigenvalue weighted by atomic mass is 16.3. The van der Waals surface area contributed by atoms with Gasteiger partial charge in [-0.1, -0.05) is 54.5 Å². The quantitative estimate of drug-likeness (QED) is 0.298. The van der Waals surface area contributed by atoms with E-state index < -0.39 is 23.7 Å². The summed E-state index contributed by atoms with van der Waals surface area (Å²) in [5, 5.41) is 28.1. The monoisotopic (exact) mass is 520 g/mol. The lowest BCUT2D eigenvalue weighted by Gasteiger charge is -2.23. The van der Waals surface area contributed by atoms with Crippen LogP contribution in [0.4, 0.5) is 5.82 Å². The predicted octanol–water partition coefficient (Wildman–Crippen LogP) is 2.22. The van der Waals surface area contributed by atoms with Gasteiger partial charge in [-0.3, -0.25) is 4.79 Å². The van der Waals surface area contributed by atoms with Crippen LogP contribution < -0.4 is 10.6 Å². The predicted molar refractivity (Wildman–Crippen MR) is 145 cm³/mol. The number of hydrogen-bond acceptors (Lipinski definition) is 7. The number of carbonyl (C=O) groups excluding carboxylic acids is 1. The number of imidazole rings is 1. The molecule has 196 valence electrons. The van der Waals surface area contributed by atoms with Gasteiger partial charge in [0.1, 0.15) is 6.10 Å². The molecule has 7 atom stereocenters. The Bertz CT molecular complexity index is 1630. The highest BCUT2D eigenvalue weighted by Gasteiger charge is 2.75. The van der Waals surface area contributed by atoms with Crippen LogP contribution in [0.3, 0.4) is 0 Å². The summed E-state index contributed by atoms with van der Waals surface area (Å²) in [6, 6.07) is 19.7. The zero-order valence-corrected chi connectivity index (χ0v) is 21.3. The Kier molecular flexibility index (Phi) is 5.44. The van der Waals surface area contributed by atoms with Crippen molar-refractivity contribution in [3.63, 3.8) is 0 Å². The van der Waals surface area contributed by atoms with Gasteiger partial charge < -0.3 is 25.4 Å². The molecule has 0 spiro atoms. The van der Waals surface area contributed by atoms with Crippen molar-refractivity contribution < 1.29 is 15.0 Å². The molecule has 1 amide bonds. The Balaban J connectivity index is 1.28. The SMILES string of the molecule is CNC(=O)[C@@]12C[C@@H]1[C@@H](n1cnc3c(NC4CC4c4ccccc4)nc(C#Cc4ccccc4)nc31)[C@H](O)[C@@H]2O. The Morgan fingerprint density at radius 3 is 2.54 bits per heavy atom. The van der Waals surface area contributed by atoms with E-state index >= 15 is 0 Å². The number of aromatic nitrogens is 4. The summed E-state index contributed by atoms with van der Waals surface area (Å²) in [5.74, 6) is 7.02. The van der Waals surface area contributed by atoms with Gasteiger partial charge in [0.05, 0.1) is 23.9 Å². The van der Waals surface area contributed by atoms with Crippen molar-refractivity contribution in [2.75, 3.05) is 12.4 Å². The summed E-state index contributed by atoms with van der Waals surface area (Å²) in [6.45, 7) is 0. The van der Waals surface area contributed by atoms with Gasteiger partial charge >= 0.3 is 0 Å². The normalized spacial score (nSPS) is 30.2. The van der Waals surface area contributed by atoms with E-state index in [9.17, 15) is 15.0 Å². The van der Waals surface area contributed by atoms with Crippen molar-refractivity contribution >= 4 is 22.9 Å². The molecule has 9 heteroatoms. The third kappa shape index (κ3) is 3.79. The van der Waals surface area contributed by atoms with E-state index in [1.807, 2.05) is 48.5 Å². The molecule has 2 aromatic heterocycles. The van der Waals surface area contributed by atoms with Crippen LogP contribution in [0.1, 0.15) is 41.8 Å². The number of aliphatic hydroxyl groups is 2. The van der Waals surface area contributed by atoms with Crippen LogP contribution in [0.5, 0.6) is 0 Å².